The van der Waals surface area contributed by atoms with Gasteiger partial charge in [0.2, 0.25) is 5.75 Å². The third-order valence-corrected chi connectivity index (χ3v) is 5.79. The summed E-state index contributed by atoms with van der Waals surface area (Å²) in [7, 11) is 4.71. The quantitative estimate of drug-likeness (QED) is 0.642. The number of nitrogens with zero attached hydrogens (tertiary/aromatic N) is 2. The molecular weight excluding hydrogens is 404 g/mol. The summed E-state index contributed by atoms with van der Waals surface area (Å²) in [5.74, 6) is 1.56. The number of hydrogen-bond acceptors (Lipinski definition) is 5. The summed E-state index contributed by atoms with van der Waals surface area (Å²) >= 11 is 6.26. The Morgan fingerprint density at radius 3 is 2.27 bits per heavy atom. The van der Waals surface area contributed by atoms with Gasteiger partial charge in [-0.1, -0.05) is 17.7 Å². The standard InChI is InChI=1S/C23H25ClN2O4/c1-28-20-11-15(12-21(29-2)22(20)30-3)10-18-17-7-6-16(24)13-19(17)26(23(18)27)14-25-8-4-5-9-25/h6-7,10-13H,4-5,8-9,14H2,1-3H3/b18-10-. The first-order valence-electron chi connectivity index (χ1n) is 9.91. The van der Waals surface area contributed by atoms with Gasteiger partial charge in [-0.05, 0) is 61.8 Å². The van der Waals surface area contributed by atoms with Crippen LogP contribution >= 0.6 is 11.6 Å². The number of ether oxygens (including phenoxy) is 3. The molecule has 0 unspecified atom stereocenters. The second kappa shape index (κ2) is 8.58. The smallest absolute Gasteiger partial charge is 0.260 e. The highest BCUT2D eigenvalue weighted by Gasteiger charge is 2.34. The van der Waals surface area contributed by atoms with Crippen molar-refractivity contribution in [3.8, 4) is 17.2 Å². The number of likely N-dealkylation sites (tertiary alicyclic amines) is 1. The summed E-state index contributed by atoms with van der Waals surface area (Å²) in [5, 5.41) is 0.613. The molecule has 0 radical (unpaired) electrons. The molecule has 0 aromatic heterocycles. The second-order valence-electron chi connectivity index (χ2n) is 7.38. The minimum absolute atomic E-state index is 0.0343. The van der Waals surface area contributed by atoms with Crippen LogP contribution in [-0.2, 0) is 4.79 Å². The Hall–Kier alpha value is -2.70. The summed E-state index contributed by atoms with van der Waals surface area (Å²) in [6.45, 7) is 2.58. The maximum atomic E-state index is 13.4. The van der Waals surface area contributed by atoms with Crippen molar-refractivity contribution in [3.05, 3.63) is 46.5 Å². The largest absolute Gasteiger partial charge is 0.493 e. The summed E-state index contributed by atoms with van der Waals surface area (Å²) in [4.78, 5) is 17.5. The molecule has 1 saturated heterocycles. The highest BCUT2D eigenvalue weighted by molar-refractivity contribution is 6.37. The zero-order valence-electron chi connectivity index (χ0n) is 17.4. The van der Waals surface area contributed by atoms with E-state index in [9.17, 15) is 4.79 Å². The van der Waals surface area contributed by atoms with E-state index in [2.05, 4.69) is 4.90 Å². The molecule has 7 heteroatoms. The van der Waals surface area contributed by atoms with E-state index in [1.54, 1.807) is 21.3 Å². The topological polar surface area (TPSA) is 51.2 Å². The molecule has 2 aliphatic rings. The van der Waals surface area contributed by atoms with Crippen molar-refractivity contribution >= 4 is 34.8 Å². The zero-order valence-corrected chi connectivity index (χ0v) is 18.2. The van der Waals surface area contributed by atoms with Crippen molar-refractivity contribution < 1.29 is 19.0 Å². The van der Waals surface area contributed by atoms with Crippen LogP contribution in [0.2, 0.25) is 5.02 Å². The average Bonchev–Trinajstić information content (AvgIpc) is 3.35. The summed E-state index contributed by atoms with van der Waals surface area (Å²) in [6, 6.07) is 9.25. The van der Waals surface area contributed by atoms with Gasteiger partial charge in [-0.15, -0.1) is 0 Å². The summed E-state index contributed by atoms with van der Waals surface area (Å²) in [6.07, 6.45) is 4.20. The monoisotopic (exact) mass is 428 g/mol. The lowest BCUT2D eigenvalue weighted by Gasteiger charge is -2.24. The molecule has 2 aromatic carbocycles. The van der Waals surface area contributed by atoms with Crippen LogP contribution in [-0.4, -0.2) is 51.9 Å². The molecule has 0 bridgehead atoms. The van der Waals surface area contributed by atoms with Crippen LogP contribution in [0.3, 0.4) is 0 Å². The van der Waals surface area contributed by atoms with Gasteiger partial charge < -0.3 is 14.2 Å². The maximum absolute atomic E-state index is 13.4. The molecule has 1 fully saturated rings. The van der Waals surface area contributed by atoms with Crippen molar-refractivity contribution in [3.63, 3.8) is 0 Å². The Morgan fingerprint density at radius 1 is 1.00 bits per heavy atom. The second-order valence-corrected chi connectivity index (χ2v) is 7.81. The van der Waals surface area contributed by atoms with Crippen LogP contribution in [0.1, 0.15) is 24.0 Å². The first kappa shape index (κ1) is 20.6. The van der Waals surface area contributed by atoms with Gasteiger partial charge in [0.15, 0.2) is 11.5 Å². The van der Waals surface area contributed by atoms with Crippen molar-refractivity contribution in [2.75, 3.05) is 46.0 Å². The van der Waals surface area contributed by atoms with Crippen LogP contribution in [0.15, 0.2) is 30.3 Å². The molecule has 0 spiro atoms. The zero-order chi connectivity index (χ0) is 21.3. The number of halogens is 1. The lowest BCUT2D eigenvalue weighted by molar-refractivity contribution is -0.113. The summed E-state index contributed by atoms with van der Waals surface area (Å²) < 4.78 is 16.3. The van der Waals surface area contributed by atoms with Gasteiger partial charge >= 0.3 is 0 Å². The van der Waals surface area contributed by atoms with E-state index in [-0.39, 0.29) is 5.91 Å². The molecule has 6 nitrogen and oxygen atoms in total. The number of benzene rings is 2. The molecule has 0 N–H and O–H groups in total. The van der Waals surface area contributed by atoms with Crippen LogP contribution in [0.4, 0.5) is 5.69 Å². The van der Waals surface area contributed by atoms with E-state index in [0.717, 1.165) is 29.9 Å². The molecule has 2 heterocycles. The van der Waals surface area contributed by atoms with E-state index in [1.165, 1.54) is 12.8 Å². The number of carbonyl (C=O) groups excluding carboxylic acids is 1. The molecular formula is C23H25ClN2O4. The minimum atomic E-state index is -0.0343. The number of rotatable bonds is 6. The molecule has 158 valence electrons. The molecule has 0 aliphatic carbocycles. The van der Waals surface area contributed by atoms with Gasteiger partial charge in [0, 0.05) is 16.2 Å². The van der Waals surface area contributed by atoms with Gasteiger partial charge in [0.05, 0.1) is 33.7 Å². The van der Waals surface area contributed by atoms with Crippen molar-refractivity contribution in [2.24, 2.45) is 0 Å². The van der Waals surface area contributed by atoms with Crippen LogP contribution in [0, 0.1) is 0 Å². The maximum Gasteiger partial charge on any atom is 0.260 e. The van der Waals surface area contributed by atoms with E-state index in [0.29, 0.717) is 34.5 Å². The van der Waals surface area contributed by atoms with E-state index in [4.69, 9.17) is 25.8 Å². The van der Waals surface area contributed by atoms with Crippen molar-refractivity contribution in [1.29, 1.82) is 0 Å². The highest BCUT2D eigenvalue weighted by atomic mass is 35.5. The van der Waals surface area contributed by atoms with Crippen LogP contribution in [0.25, 0.3) is 11.6 Å². The van der Waals surface area contributed by atoms with E-state index >= 15 is 0 Å². The van der Waals surface area contributed by atoms with Crippen molar-refractivity contribution in [1.82, 2.24) is 4.90 Å². The number of anilines is 1. The normalized spacial score (nSPS) is 17.5. The van der Waals surface area contributed by atoms with Gasteiger partial charge in [0.1, 0.15) is 0 Å². The Morgan fingerprint density at radius 2 is 1.67 bits per heavy atom. The molecule has 0 atom stereocenters. The molecule has 0 saturated carbocycles. The number of fused-ring (bicyclic) bond motifs is 1. The fraction of sp³-hybridized carbons (Fsp3) is 0.348. The Balaban J connectivity index is 1.77. The first-order chi connectivity index (χ1) is 14.5. The molecule has 4 rings (SSSR count). The third kappa shape index (κ3) is 3.73. The first-order valence-corrected chi connectivity index (χ1v) is 10.3. The fourth-order valence-corrected chi connectivity index (χ4v) is 4.25. The number of carbonyl (C=O) groups is 1. The van der Waals surface area contributed by atoms with Gasteiger partial charge in [-0.3, -0.25) is 14.6 Å². The number of methoxy groups -OCH3 is 3. The van der Waals surface area contributed by atoms with Crippen LogP contribution in [0.5, 0.6) is 17.2 Å². The predicted molar refractivity (Wildman–Crippen MR) is 119 cm³/mol. The van der Waals surface area contributed by atoms with E-state index < -0.39 is 0 Å². The molecule has 1 amide bonds. The number of amides is 1. The molecule has 30 heavy (non-hydrogen) atoms. The number of hydrogen-bond donors (Lipinski definition) is 0. The third-order valence-electron chi connectivity index (χ3n) is 5.55. The Bertz CT molecular complexity index is 974. The minimum Gasteiger partial charge on any atom is -0.493 e. The van der Waals surface area contributed by atoms with E-state index in [1.807, 2.05) is 41.3 Å². The lowest BCUT2D eigenvalue weighted by atomic mass is 10.0. The Kier molecular flexibility index (Phi) is 5.88. The van der Waals surface area contributed by atoms with Gasteiger partial charge in [-0.2, -0.15) is 0 Å². The SMILES string of the molecule is COc1cc(/C=C2\C(=O)N(CN3CCCC3)c3cc(Cl)ccc32)cc(OC)c1OC. The molecule has 2 aromatic rings. The predicted octanol–water partition coefficient (Wildman–Crippen LogP) is 4.31. The lowest BCUT2D eigenvalue weighted by Crippen LogP contribution is -2.38. The van der Waals surface area contributed by atoms with Crippen molar-refractivity contribution in [2.45, 2.75) is 12.8 Å². The van der Waals surface area contributed by atoms with Crippen LogP contribution < -0.4 is 19.1 Å². The van der Waals surface area contributed by atoms with Gasteiger partial charge in [-0.25, -0.2) is 0 Å². The summed E-state index contributed by atoms with van der Waals surface area (Å²) in [5.41, 5.74) is 3.13. The Labute approximate surface area is 181 Å². The average molecular weight is 429 g/mol. The fourth-order valence-electron chi connectivity index (χ4n) is 4.08. The highest BCUT2D eigenvalue weighted by Crippen LogP contribution is 2.42. The van der Waals surface area contributed by atoms with Gasteiger partial charge in [0.25, 0.3) is 5.91 Å². The molecule has 2 aliphatic heterocycles.